The number of carbonyl (C=O) groups excluding carboxylic acids is 2. The first kappa shape index (κ1) is 18.8. The molecule has 2 aromatic carbocycles. The second kappa shape index (κ2) is 7.70. The number of hydrogen-bond acceptors (Lipinski definition) is 4. The molecule has 0 unspecified atom stereocenters. The quantitative estimate of drug-likeness (QED) is 0.851. The summed E-state index contributed by atoms with van der Waals surface area (Å²) in [4.78, 5) is 26.3. The molecule has 1 N–H and O–H groups in total. The summed E-state index contributed by atoms with van der Waals surface area (Å²) in [6.45, 7) is 6.03. The van der Waals surface area contributed by atoms with Crippen molar-refractivity contribution in [1.29, 1.82) is 0 Å². The Morgan fingerprint density at radius 1 is 1.11 bits per heavy atom. The number of aryl methyl sites for hydroxylation is 2. The van der Waals surface area contributed by atoms with Gasteiger partial charge in [-0.25, -0.2) is 0 Å². The molecule has 0 aromatic heterocycles. The Balaban J connectivity index is 1.83. The van der Waals surface area contributed by atoms with E-state index in [1.54, 1.807) is 12.0 Å². The molecule has 1 atom stereocenters. The van der Waals surface area contributed by atoms with Gasteiger partial charge in [-0.15, -0.1) is 0 Å². The Morgan fingerprint density at radius 3 is 2.44 bits per heavy atom. The minimum atomic E-state index is -0.649. The van der Waals surface area contributed by atoms with Crippen molar-refractivity contribution in [3.63, 3.8) is 0 Å². The summed E-state index contributed by atoms with van der Waals surface area (Å²) in [6.07, 6.45) is 0. The van der Waals surface area contributed by atoms with Crippen molar-refractivity contribution < 1.29 is 19.1 Å². The van der Waals surface area contributed by atoms with Gasteiger partial charge in [0.1, 0.15) is 12.6 Å². The maximum atomic E-state index is 13.0. The van der Waals surface area contributed by atoms with Crippen LogP contribution >= 0.6 is 0 Å². The Kier molecular flexibility index (Phi) is 5.35. The van der Waals surface area contributed by atoms with Crippen molar-refractivity contribution in [2.75, 3.05) is 25.2 Å². The summed E-state index contributed by atoms with van der Waals surface area (Å²) in [6, 6.07) is 10.7. The van der Waals surface area contributed by atoms with Crippen LogP contribution < -0.4 is 19.7 Å². The number of carbonyl (C=O) groups is 2. The highest BCUT2D eigenvalue weighted by molar-refractivity contribution is 6.07. The number of methoxy groups -OCH3 is 1. The number of amides is 2. The Bertz CT molecular complexity index is 878. The van der Waals surface area contributed by atoms with Crippen LogP contribution in [0.25, 0.3) is 0 Å². The van der Waals surface area contributed by atoms with Crippen molar-refractivity contribution in [3.8, 4) is 11.5 Å². The van der Waals surface area contributed by atoms with Gasteiger partial charge >= 0.3 is 0 Å². The third-order valence-electron chi connectivity index (χ3n) is 4.70. The number of ether oxygens (including phenoxy) is 2. The highest BCUT2D eigenvalue weighted by atomic mass is 16.5. The van der Waals surface area contributed by atoms with Crippen LogP contribution in [0.4, 0.5) is 5.69 Å². The first-order valence-electron chi connectivity index (χ1n) is 8.88. The van der Waals surface area contributed by atoms with E-state index in [4.69, 9.17) is 9.47 Å². The van der Waals surface area contributed by atoms with Crippen molar-refractivity contribution in [2.24, 2.45) is 0 Å². The Hall–Kier alpha value is -3.02. The van der Waals surface area contributed by atoms with E-state index in [2.05, 4.69) is 5.32 Å². The summed E-state index contributed by atoms with van der Waals surface area (Å²) in [5, 5.41) is 2.78. The highest BCUT2D eigenvalue weighted by Crippen LogP contribution is 2.40. The molecule has 1 aliphatic rings. The number of rotatable bonds is 6. The summed E-state index contributed by atoms with van der Waals surface area (Å²) in [5.74, 6) is 0.911. The lowest BCUT2D eigenvalue weighted by atomic mass is 9.99. The summed E-state index contributed by atoms with van der Waals surface area (Å²) >= 11 is 0. The number of nitrogens with one attached hydrogen (secondary N) is 1. The molecule has 1 heterocycles. The van der Waals surface area contributed by atoms with Crippen molar-refractivity contribution in [1.82, 2.24) is 5.32 Å². The summed E-state index contributed by atoms with van der Waals surface area (Å²) < 4.78 is 11.1. The van der Waals surface area contributed by atoms with E-state index in [0.29, 0.717) is 24.7 Å². The fourth-order valence-corrected chi connectivity index (χ4v) is 3.47. The second-order valence-corrected chi connectivity index (χ2v) is 6.58. The van der Waals surface area contributed by atoms with Crippen LogP contribution in [0.3, 0.4) is 0 Å². The van der Waals surface area contributed by atoms with Crippen molar-refractivity contribution in [3.05, 3.63) is 53.1 Å². The van der Waals surface area contributed by atoms with Gasteiger partial charge in [-0.1, -0.05) is 24.3 Å². The smallest absolute Gasteiger partial charge is 0.254 e. The largest absolute Gasteiger partial charge is 0.493 e. The Labute approximate surface area is 159 Å². The average Bonchev–Trinajstić information content (AvgIpc) is 2.92. The third-order valence-corrected chi connectivity index (χ3v) is 4.70. The van der Waals surface area contributed by atoms with Crippen molar-refractivity contribution >= 4 is 17.5 Å². The van der Waals surface area contributed by atoms with E-state index < -0.39 is 6.04 Å². The molecule has 6 heteroatoms. The lowest BCUT2D eigenvalue weighted by Crippen LogP contribution is -2.38. The minimum absolute atomic E-state index is 0.138. The fourth-order valence-electron chi connectivity index (χ4n) is 3.47. The number of hydrogen-bond donors (Lipinski definition) is 1. The van der Waals surface area contributed by atoms with Crippen LogP contribution in [-0.4, -0.2) is 32.1 Å². The molecule has 142 valence electrons. The van der Waals surface area contributed by atoms with Gasteiger partial charge in [0.05, 0.1) is 19.3 Å². The molecule has 0 bridgehead atoms. The van der Waals surface area contributed by atoms with Crippen molar-refractivity contribution in [2.45, 2.75) is 26.8 Å². The van der Waals surface area contributed by atoms with Gasteiger partial charge in [-0.05, 0) is 37.1 Å². The maximum absolute atomic E-state index is 13.0. The predicted molar refractivity (Wildman–Crippen MR) is 103 cm³/mol. The molecule has 27 heavy (non-hydrogen) atoms. The number of nitrogens with zero attached hydrogens (tertiary/aromatic N) is 1. The molecule has 0 fully saturated rings. The highest BCUT2D eigenvalue weighted by Gasteiger charge is 2.39. The standard InChI is InChI=1S/C21H24N2O4/c1-13-9-10-14(2)20-18(13)19(22-15(3)24)21(25)23(20)11-12-27-17-8-6-5-7-16(17)26-4/h5-10,19H,11-12H2,1-4H3,(H,22,24)/t19-/m0/s1. The zero-order chi connectivity index (χ0) is 19.6. The summed E-state index contributed by atoms with van der Waals surface area (Å²) in [5.41, 5.74) is 3.71. The molecule has 2 amide bonds. The van der Waals surface area contributed by atoms with E-state index in [1.807, 2.05) is 50.2 Å². The Morgan fingerprint density at radius 2 is 1.78 bits per heavy atom. The molecule has 0 aliphatic carbocycles. The molecule has 0 saturated carbocycles. The molecule has 0 spiro atoms. The monoisotopic (exact) mass is 368 g/mol. The SMILES string of the molecule is COc1ccccc1OCCN1C(=O)[C@@H](NC(C)=O)c2c(C)ccc(C)c21. The first-order valence-corrected chi connectivity index (χ1v) is 8.88. The molecule has 6 nitrogen and oxygen atoms in total. The van der Waals surface area contributed by atoms with Gasteiger partial charge < -0.3 is 19.7 Å². The molecular formula is C21H24N2O4. The van der Waals surface area contributed by atoms with E-state index in [-0.39, 0.29) is 11.8 Å². The van der Waals surface area contributed by atoms with Gasteiger partial charge in [0.25, 0.3) is 5.91 Å². The van der Waals surface area contributed by atoms with Gasteiger partial charge in [0.2, 0.25) is 5.91 Å². The molecule has 3 rings (SSSR count). The van der Waals surface area contributed by atoms with Gasteiger partial charge in [0.15, 0.2) is 11.5 Å². The normalized spacial score (nSPS) is 15.5. The maximum Gasteiger partial charge on any atom is 0.254 e. The lowest BCUT2D eigenvalue weighted by molar-refractivity contribution is -0.126. The van der Waals surface area contributed by atoms with E-state index >= 15 is 0 Å². The zero-order valence-electron chi connectivity index (χ0n) is 16.0. The van der Waals surface area contributed by atoms with Crippen LogP contribution in [-0.2, 0) is 9.59 Å². The minimum Gasteiger partial charge on any atom is -0.493 e. The fraction of sp³-hybridized carbons (Fsp3) is 0.333. The average molecular weight is 368 g/mol. The molecular weight excluding hydrogens is 344 g/mol. The lowest BCUT2D eigenvalue weighted by Gasteiger charge is -2.20. The molecule has 1 aliphatic heterocycles. The number of para-hydroxylation sites is 2. The van der Waals surface area contributed by atoms with Gasteiger partial charge in [-0.3, -0.25) is 9.59 Å². The van der Waals surface area contributed by atoms with Crippen LogP contribution in [0.15, 0.2) is 36.4 Å². The molecule has 0 radical (unpaired) electrons. The summed E-state index contributed by atoms with van der Waals surface area (Å²) in [7, 11) is 1.59. The predicted octanol–water partition coefficient (Wildman–Crippen LogP) is 2.91. The molecule has 2 aromatic rings. The van der Waals surface area contributed by atoms with Gasteiger partial charge in [-0.2, -0.15) is 0 Å². The van der Waals surface area contributed by atoms with Crippen LogP contribution in [0, 0.1) is 13.8 Å². The molecule has 0 saturated heterocycles. The van der Waals surface area contributed by atoms with E-state index in [1.165, 1.54) is 6.92 Å². The van der Waals surface area contributed by atoms with Crippen LogP contribution in [0.2, 0.25) is 0 Å². The zero-order valence-corrected chi connectivity index (χ0v) is 16.0. The van der Waals surface area contributed by atoms with Crippen LogP contribution in [0.5, 0.6) is 11.5 Å². The van der Waals surface area contributed by atoms with Gasteiger partial charge in [0, 0.05) is 12.5 Å². The van der Waals surface area contributed by atoms with E-state index in [0.717, 1.165) is 22.4 Å². The number of anilines is 1. The second-order valence-electron chi connectivity index (χ2n) is 6.58. The topological polar surface area (TPSA) is 67.9 Å². The van der Waals surface area contributed by atoms with E-state index in [9.17, 15) is 9.59 Å². The number of benzene rings is 2. The first-order chi connectivity index (χ1) is 12.9. The number of fused-ring (bicyclic) bond motifs is 1. The third kappa shape index (κ3) is 3.60. The van der Waals surface area contributed by atoms with Crippen LogP contribution in [0.1, 0.15) is 29.7 Å².